The Bertz CT molecular complexity index is 780. The Hall–Kier alpha value is -2.73. The molecule has 1 atom stereocenters. The van der Waals surface area contributed by atoms with Crippen LogP contribution >= 0.6 is 11.6 Å². The fourth-order valence-electron chi connectivity index (χ4n) is 2.52. The summed E-state index contributed by atoms with van der Waals surface area (Å²) in [5.41, 5.74) is 0.852. The number of benzene rings is 2. The van der Waals surface area contributed by atoms with Gasteiger partial charge in [0.25, 0.3) is 5.91 Å². The van der Waals surface area contributed by atoms with Crippen LogP contribution in [0, 0.1) is 0 Å². The minimum Gasteiger partial charge on any atom is -0.497 e. The second-order valence-electron chi connectivity index (χ2n) is 5.91. The van der Waals surface area contributed by atoms with Crippen molar-refractivity contribution in [3.05, 3.63) is 59.1 Å². The first-order valence-electron chi connectivity index (χ1n) is 8.47. The Balaban J connectivity index is 2.13. The molecule has 7 heteroatoms. The molecule has 0 aliphatic heterocycles. The van der Waals surface area contributed by atoms with Gasteiger partial charge in [0.05, 0.1) is 7.11 Å². The van der Waals surface area contributed by atoms with E-state index in [2.05, 4.69) is 5.32 Å². The standard InChI is InChI=1S/C20H23ClN2O4/c1-14(20(25)22-2)23(12-15-5-4-6-18(11-15)26-3)19(24)13-27-17-9-7-16(21)8-10-17/h4-11,14H,12-13H2,1-3H3,(H,22,25). The normalized spacial score (nSPS) is 11.4. The number of carbonyl (C=O) groups excluding carboxylic acids is 2. The zero-order valence-electron chi connectivity index (χ0n) is 15.6. The van der Waals surface area contributed by atoms with Crippen LogP contribution in [0.3, 0.4) is 0 Å². The number of hydrogen-bond acceptors (Lipinski definition) is 4. The number of carbonyl (C=O) groups is 2. The monoisotopic (exact) mass is 390 g/mol. The van der Waals surface area contributed by atoms with E-state index >= 15 is 0 Å². The lowest BCUT2D eigenvalue weighted by molar-refractivity contribution is -0.142. The summed E-state index contributed by atoms with van der Waals surface area (Å²) in [6, 6.07) is 13.4. The lowest BCUT2D eigenvalue weighted by atomic mass is 10.1. The molecule has 0 fully saturated rings. The Kier molecular flexibility index (Phi) is 7.49. The molecule has 2 aromatic rings. The Morgan fingerprint density at radius 3 is 2.48 bits per heavy atom. The Morgan fingerprint density at radius 2 is 1.85 bits per heavy atom. The van der Waals surface area contributed by atoms with Gasteiger partial charge in [-0.2, -0.15) is 0 Å². The van der Waals surface area contributed by atoms with Crippen LogP contribution in [0.25, 0.3) is 0 Å². The van der Waals surface area contributed by atoms with E-state index in [-0.39, 0.29) is 25.0 Å². The average molecular weight is 391 g/mol. The fraction of sp³-hybridized carbons (Fsp3) is 0.300. The summed E-state index contributed by atoms with van der Waals surface area (Å²) in [5.74, 6) is 0.660. The molecule has 0 radical (unpaired) electrons. The van der Waals surface area contributed by atoms with Crippen molar-refractivity contribution in [2.45, 2.75) is 19.5 Å². The van der Waals surface area contributed by atoms with Gasteiger partial charge in [-0.25, -0.2) is 0 Å². The summed E-state index contributed by atoms with van der Waals surface area (Å²) < 4.78 is 10.8. The maximum Gasteiger partial charge on any atom is 0.261 e. The molecule has 0 saturated carbocycles. The van der Waals surface area contributed by atoms with Gasteiger partial charge in [-0.3, -0.25) is 9.59 Å². The van der Waals surface area contributed by atoms with Crippen LogP contribution in [0.4, 0.5) is 0 Å². The van der Waals surface area contributed by atoms with E-state index in [4.69, 9.17) is 21.1 Å². The number of nitrogens with one attached hydrogen (secondary N) is 1. The van der Waals surface area contributed by atoms with Gasteiger partial charge in [-0.05, 0) is 48.9 Å². The number of ether oxygens (including phenoxy) is 2. The number of amides is 2. The van der Waals surface area contributed by atoms with Crippen molar-refractivity contribution in [1.29, 1.82) is 0 Å². The van der Waals surface area contributed by atoms with Crippen LogP contribution in [0.15, 0.2) is 48.5 Å². The topological polar surface area (TPSA) is 67.9 Å². The number of rotatable bonds is 8. The van der Waals surface area contributed by atoms with E-state index in [1.54, 1.807) is 38.3 Å². The molecule has 0 bridgehead atoms. The van der Waals surface area contributed by atoms with Gasteiger partial charge in [0.15, 0.2) is 6.61 Å². The molecule has 0 heterocycles. The molecular weight excluding hydrogens is 368 g/mol. The van der Waals surface area contributed by atoms with Gasteiger partial charge in [-0.1, -0.05) is 23.7 Å². The highest BCUT2D eigenvalue weighted by Crippen LogP contribution is 2.18. The van der Waals surface area contributed by atoms with Crippen molar-refractivity contribution in [3.63, 3.8) is 0 Å². The summed E-state index contributed by atoms with van der Waals surface area (Å²) >= 11 is 5.85. The largest absolute Gasteiger partial charge is 0.497 e. The highest BCUT2D eigenvalue weighted by molar-refractivity contribution is 6.30. The lowest BCUT2D eigenvalue weighted by Gasteiger charge is -2.28. The zero-order chi connectivity index (χ0) is 19.8. The van der Waals surface area contributed by atoms with Crippen LogP contribution in [0.5, 0.6) is 11.5 Å². The molecule has 0 saturated heterocycles. The Labute approximate surface area is 164 Å². The number of likely N-dealkylation sites (N-methyl/N-ethyl adjacent to an activating group) is 1. The molecule has 0 spiro atoms. The van der Waals surface area contributed by atoms with E-state index in [0.717, 1.165) is 5.56 Å². The molecular formula is C20H23ClN2O4. The number of hydrogen-bond donors (Lipinski definition) is 1. The smallest absolute Gasteiger partial charge is 0.261 e. The van der Waals surface area contributed by atoms with E-state index in [9.17, 15) is 9.59 Å². The van der Waals surface area contributed by atoms with Crippen molar-refractivity contribution in [2.75, 3.05) is 20.8 Å². The first kappa shape index (κ1) is 20.6. The summed E-state index contributed by atoms with van der Waals surface area (Å²) in [5, 5.41) is 3.16. The SMILES string of the molecule is CNC(=O)C(C)N(Cc1cccc(OC)c1)C(=O)COc1ccc(Cl)cc1. The van der Waals surface area contributed by atoms with Gasteiger partial charge in [-0.15, -0.1) is 0 Å². The van der Waals surface area contributed by atoms with Crippen LogP contribution in [0.2, 0.25) is 5.02 Å². The van der Waals surface area contributed by atoms with E-state index in [1.165, 1.54) is 11.9 Å². The van der Waals surface area contributed by atoms with Gasteiger partial charge in [0.1, 0.15) is 17.5 Å². The third kappa shape index (κ3) is 5.89. The zero-order valence-corrected chi connectivity index (χ0v) is 16.3. The van der Waals surface area contributed by atoms with Crippen LogP contribution in [-0.4, -0.2) is 43.5 Å². The number of nitrogens with zero attached hydrogens (tertiary/aromatic N) is 1. The molecule has 2 aromatic carbocycles. The van der Waals surface area contributed by atoms with Crippen molar-refractivity contribution >= 4 is 23.4 Å². The molecule has 1 unspecified atom stereocenters. The summed E-state index contributed by atoms with van der Waals surface area (Å²) in [7, 11) is 3.12. The third-order valence-electron chi connectivity index (χ3n) is 4.08. The predicted molar refractivity (Wildman–Crippen MR) is 104 cm³/mol. The van der Waals surface area contributed by atoms with Crippen molar-refractivity contribution in [3.8, 4) is 11.5 Å². The van der Waals surface area contributed by atoms with Crippen molar-refractivity contribution in [2.24, 2.45) is 0 Å². The highest BCUT2D eigenvalue weighted by atomic mass is 35.5. The summed E-state index contributed by atoms with van der Waals surface area (Å²) in [4.78, 5) is 26.3. The summed E-state index contributed by atoms with van der Waals surface area (Å²) in [6.07, 6.45) is 0. The van der Waals surface area contributed by atoms with E-state index in [0.29, 0.717) is 16.5 Å². The molecule has 1 N–H and O–H groups in total. The first-order valence-corrected chi connectivity index (χ1v) is 8.84. The van der Waals surface area contributed by atoms with Crippen LogP contribution in [-0.2, 0) is 16.1 Å². The van der Waals surface area contributed by atoms with Crippen LogP contribution < -0.4 is 14.8 Å². The van der Waals surface area contributed by atoms with Crippen molar-refractivity contribution in [1.82, 2.24) is 10.2 Å². The number of halogens is 1. The van der Waals surface area contributed by atoms with Gasteiger partial charge in [0, 0.05) is 18.6 Å². The molecule has 27 heavy (non-hydrogen) atoms. The maximum absolute atomic E-state index is 12.8. The average Bonchev–Trinajstić information content (AvgIpc) is 2.70. The van der Waals surface area contributed by atoms with Gasteiger partial charge >= 0.3 is 0 Å². The van der Waals surface area contributed by atoms with Crippen LogP contribution in [0.1, 0.15) is 12.5 Å². The first-order chi connectivity index (χ1) is 12.9. The van der Waals surface area contributed by atoms with Gasteiger partial charge < -0.3 is 19.7 Å². The highest BCUT2D eigenvalue weighted by Gasteiger charge is 2.26. The fourth-order valence-corrected chi connectivity index (χ4v) is 2.64. The molecule has 6 nitrogen and oxygen atoms in total. The quantitative estimate of drug-likeness (QED) is 0.752. The molecule has 0 aromatic heterocycles. The maximum atomic E-state index is 12.8. The van der Waals surface area contributed by atoms with E-state index < -0.39 is 6.04 Å². The molecule has 2 rings (SSSR count). The second kappa shape index (κ2) is 9.83. The van der Waals surface area contributed by atoms with Gasteiger partial charge in [0.2, 0.25) is 5.91 Å². The minimum absolute atomic E-state index is 0.188. The predicted octanol–water partition coefficient (Wildman–Crippen LogP) is 2.89. The minimum atomic E-state index is -0.650. The molecule has 0 aliphatic rings. The lowest BCUT2D eigenvalue weighted by Crippen LogP contribution is -2.48. The Morgan fingerprint density at radius 1 is 1.15 bits per heavy atom. The third-order valence-corrected chi connectivity index (χ3v) is 4.33. The second-order valence-corrected chi connectivity index (χ2v) is 6.34. The summed E-state index contributed by atoms with van der Waals surface area (Å²) in [6.45, 7) is 1.75. The number of methoxy groups -OCH3 is 1. The molecule has 0 aliphatic carbocycles. The van der Waals surface area contributed by atoms with Crippen molar-refractivity contribution < 1.29 is 19.1 Å². The van der Waals surface area contributed by atoms with E-state index in [1.807, 2.05) is 24.3 Å². The molecule has 144 valence electrons. The molecule has 2 amide bonds.